The van der Waals surface area contributed by atoms with Crippen molar-refractivity contribution in [3.63, 3.8) is 0 Å². The number of benzene rings is 2. The number of hydrogen-bond acceptors (Lipinski definition) is 2. The molecule has 3 rings (SSSR count). The van der Waals surface area contributed by atoms with Gasteiger partial charge >= 0.3 is 0 Å². The minimum absolute atomic E-state index is 0.0453. The molecule has 0 saturated heterocycles. The summed E-state index contributed by atoms with van der Waals surface area (Å²) >= 11 is 0. The summed E-state index contributed by atoms with van der Waals surface area (Å²) in [5.41, 5.74) is 4.47. The van der Waals surface area contributed by atoms with Crippen molar-refractivity contribution in [2.75, 3.05) is 0 Å². The number of aromatic amines is 1. The smallest absolute Gasteiger partial charge is 0.251 e. The Hall–Kier alpha value is -2.62. The second kappa shape index (κ2) is 10.1. The third kappa shape index (κ3) is 6.19. The van der Waals surface area contributed by atoms with Gasteiger partial charge < -0.3 is 10.3 Å². The van der Waals surface area contributed by atoms with E-state index in [1.807, 2.05) is 39.0 Å². The van der Waals surface area contributed by atoms with Crippen molar-refractivity contribution in [2.24, 2.45) is 0 Å². The summed E-state index contributed by atoms with van der Waals surface area (Å²) in [6.45, 7) is 16.8. The largest absolute Gasteiger partial charge is 0.347 e. The lowest BCUT2D eigenvalue weighted by Gasteiger charge is -2.36. The molecule has 0 bridgehead atoms. The lowest BCUT2D eigenvalue weighted by Crippen LogP contribution is -2.47. The highest BCUT2D eigenvalue weighted by molar-refractivity contribution is 5.98. The van der Waals surface area contributed by atoms with Gasteiger partial charge in [0.05, 0.1) is 11.0 Å². The van der Waals surface area contributed by atoms with Crippen LogP contribution in [0, 0.1) is 6.92 Å². The molecule has 1 aromatic heterocycles. The van der Waals surface area contributed by atoms with Crippen LogP contribution in [0.25, 0.3) is 11.0 Å². The molecular weight excluding hydrogens is 382 g/mol. The van der Waals surface area contributed by atoms with Gasteiger partial charge in [0.2, 0.25) is 0 Å². The fourth-order valence-electron chi connectivity index (χ4n) is 4.35. The van der Waals surface area contributed by atoms with Gasteiger partial charge in [0.15, 0.2) is 0 Å². The molecule has 31 heavy (non-hydrogen) atoms. The number of carbonyl (C=O) groups excluding carboxylic acids is 1. The number of hydrogen-bond donors (Lipinski definition) is 2. The first-order valence-electron chi connectivity index (χ1n) is 11.5. The number of nitrogens with zero attached hydrogens (tertiary/aromatic N) is 1. The Morgan fingerprint density at radius 3 is 2.32 bits per heavy atom. The van der Waals surface area contributed by atoms with Crippen molar-refractivity contribution in [3.8, 4) is 0 Å². The quantitative estimate of drug-likeness (QED) is 0.444. The zero-order chi connectivity index (χ0) is 23.2. The van der Waals surface area contributed by atoms with Crippen LogP contribution in [0.4, 0.5) is 0 Å². The third-order valence-electron chi connectivity index (χ3n) is 5.47. The van der Waals surface area contributed by atoms with E-state index in [-0.39, 0.29) is 16.9 Å². The molecule has 0 aliphatic heterocycles. The molecule has 3 aromatic rings. The van der Waals surface area contributed by atoms with E-state index in [2.05, 4.69) is 74.2 Å². The van der Waals surface area contributed by atoms with Crippen molar-refractivity contribution in [1.29, 1.82) is 0 Å². The van der Waals surface area contributed by atoms with E-state index in [0.717, 1.165) is 41.7 Å². The Kier molecular flexibility index (Phi) is 8.05. The normalized spacial score (nSPS) is 11.7. The van der Waals surface area contributed by atoms with Crippen LogP contribution in [0.5, 0.6) is 0 Å². The van der Waals surface area contributed by atoms with Crippen molar-refractivity contribution in [3.05, 3.63) is 65.0 Å². The maximum Gasteiger partial charge on any atom is 0.251 e. The van der Waals surface area contributed by atoms with E-state index in [4.69, 9.17) is 0 Å². The van der Waals surface area contributed by atoms with Crippen molar-refractivity contribution in [1.82, 2.24) is 15.3 Å². The summed E-state index contributed by atoms with van der Waals surface area (Å²) in [6, 6.07) is 14.3. The van der Waals surface area contributed by atoms with Gasteiger partial charge in [-0.1, -0.05) is 65.0 Å². The molecule has 0 radical (unpaired) electrons. The maximum absolute atomic E-state index is 13.1. The molecule has 168 valence electrons. The lowest BCUT2D eigenvalue weighted by atomic mass is 9.75. The standard InChI is InChI=1S/C25H33N3O.C2H6/c1-7-11-21-26-20-15-18(14-17(2)22(20)27-21)23(29)28-25(5,6)16-24(3,4)19-12-9-8-10-13-19;1-2/h8-10,12-15H,7,11,16H2,1-6H3,(H,26,27)(H,28,29);1-2H3. The molecule has 0 fully saturated rings. The predicted octanol–water partition coefficient (Wildman–Crippen LogP) is 6.73. The first kappa shape index (κ1) is 24.6. The average Bonchev–Trinajstić information content (AvgIpc) is 3.12. The Bertz CT molecular complexity index is 1000. The predicted molar refractivity (Wildman–Crippen MR) is 132 cm³/mol. The monoisotopic (exact) mass is 421 g/mol. The Morgan fingerprint density at radius 2 is 1.71 bits per heavy atom. The molecular formula is C27H39N3O. The molecule has 4 heteroatoms. The topological polar surface area (TPSA) is 57.8 Å². The van der Waals surface area contributed by atoms with Crippen LogP contribution in [0.2, 0.25) is 0 Å². The van der Waals surface area contributed by atoms with Gasteiger partial charge in [-0.15, -0.1) is 0 Å². The first-order chi connectivity index (χ1) is 14.6. The van der Waals surface area contributed by atoms with Gasteiger partial charge in [-0.25, -0.2) is 4.98 Å². The number of H-pyrrole nitrogens is 1. The van der Waals surface area contributed by atoms with Crippen LogP contribution >= 0.6 is 0 Å². The first-order valence-corrected chi connectivity index (χ1v) is 11.5. The van der Waals surface area contributed by atoms with Gasteiger partial charge in [-0.3, -0.25) is 4.79 Å². The summed E-state index contributed by atoms with van der Waals surface area (Å²) in [4.78, 5) is 21.1. The van der Waals surface area contributed by atoms with Gasteiger partial charge in [0.25, 0.3) is 5.91 Å². The molecule has 4 nitrogen and oxygen atoms in total. The highest BCUT2D eigenvalue weighted by Crippen LogP contribution is 2.32. The summed E-state index contributed by atoms with van der Waals surface area (Å²) in [5, 5.41) is 3.25. The highest BCUT2D eigenvalue weighted by Gasteiger charge is 2.31. The van der Waals surface area contributed by atoms with E-state index in [1.165, 1.54) is 5.56 Å². The van der Waals surface area contributed by atoms with E-state index in [9.17, 15) is 4.79 Å². The summed E-state index contributed by atoms with van der Waals surface area (Å²) in [7, 11) is 0. The van der Waals surface area contributed by atoms with Crippen LogP contribution in [-0.4, -0.2) is 21.4 Å². The van der Waals surface area contributed by atoms with E-state index in [0.29, 0.717) is 5.56 Å². The van der Waals surface area contributed by atoms with Gasteiger partial charge in [-0.05, 0) is 62.3 Å². The number of aromatic nitrogens is 2. The number of aryl methyl sites for hydroxylation is 2. The zero-order valence-corrected chi connectivity index (χ0v) is 20.5. The Labute approximate surface area is 187 Å². The number of imidazole rings is 1. The van der Waals surface area contributed by atoms with Crippen LogP contribution < -0.4 is 5.32 Å². The lowest BCUT2D eigenvalue weighted by molar-refractivity contribution is 0.0900. The molecule has 0 atom stereocenters. The van der Waals surface area contributed by atoms with Crippen molar-refractivity contribution >= 4 is 16.9 Å². The highest BCUT2D eigenvalue weighted by atomic mass is 16.1. The number of nitrogens with one attached hydrogen (secondary N) is 2. The molecule has 1 heterocycles. The fourth-order valence-corrected chi connectivity index (χ4v) is 4.35. The van der Waals surface area contributed by atoms with E-state index < -0.39 is 0 Å². The Balaban J connectivity index is 0.00000166. The molecule has 0 unspecified atom stereocenters. The zero-order valence-electron chi connectivity index (χ0n) is 20.5. The van der Waals surface area contributed by atoms with Gasteiger partial charge in [0.1, 0.15) is 5.82 Å². The minimum Gasteiger partial charge on any atom is -0.347 e. The third-order valence-corrected chi connectivity index (χ3v) is 5.47. The Morgan fingerprint density at radius 1 is 1.06 bits per heavy atom. The minimum atomic E-state index is -0.347. The van der Waals surface area contributed by atoms with Crippen LogP contribution in [0.3, 0.4) is 0 Å². The molecule has 0 aliphatic carbocycles. The SMILES string of the molecule is CC.CCCc1nc2c(C)cc(C(=O)NC(C)(C)CC(C)(C)c3ccccc3)cc2[nH]1. The number of rotatable bonds is 7. The molecule has 0 aliphatic rings. The molecule has 2 aromatic carbocycles. The summed E-state index contributed by atoms with van der Waals surface area (Å²) in [5.74, 6) is 0.934. The second-order valence-corrected chi connectivity index (χ2v) is 9.39. The van der Waals surface area contributed by atoms with Crippen LogP contribution in [0.1, 0.15) is 88.6 Å². The summed E-state index contributed by atoms with van der Waals surface area (Å²) < 4.78 is 0. The van der Waals surface area contributed by atoms with Crippen LogP contribution in [0.15, 0.2) is 42.5 Å². The summed E-state index contributed by atoms with van der Waals surface area (Å²) in [6.07, 6.45) is 2.79. The fraction of sp³-hybridized carbons (Fsp3) is 0.481. The number of fused-ring (bicyclic) bond motifs is 1. The molecule has 1 amide bonds. The van der Waals surface area contributed by atoms with Gasteiger partial charge in [0, 0.05) is 17.5 Å². The van der Waals surface area contributed by atoms with E-state index >= 15 is 0 Å². The van der Waals surface area contributed by atoms with Crippen molar-refractivity contribution < 1.29 is 4.79 Å². The average molecular weight is 422 g/mol. The maximum atomic E-state index is 13.1. The second-order valence-electron chi connectivity index (χ2n) is 9.39. The number of carbonyl (C=O) groups is 1. The van der Waals surface area contributed by atoms with Crippen LogP contribution in [-0.2, 0) is 11.8 Å². The van der Waals surface area contributed by atoms with Crippen molar-refractivity contribution in [2.45, 2.75) is 85.6 Å². The van der Waals surface area contributed by atoms with Gasteiger partial charge in [-0.2, -0.15) is 0 Å². The molecule has 2 N–H and O–H groups in total. The van der Waals surface area contributed by atoms with E-state index in [1.54, 1.807) is 0 Å². The molecule has 0 saturated carbocycles. The molecule has 0 spiro atoms. The number of amides is 1.